The summed E-state index contributed by atoms with van der Waals surface area (Å²) in [4.78, 5) is 25.8. The smallest absolute Gasteiger partial charge is 0.268 e. The molecule has 0 radical (unpaired) electrons. The molecule has 1 aliphatic heterocycles. The molecule has 1 amide bonds. The van der Waals surface area contributed by atoms with Gasteiger partial charge in [0.05, 0.1) is 6.76 Å². The predicted octanol–water partition coefficient (Wildman–Crippen LogP) is 2.96. The van der Waals surface area contributed by atoms with Crippen LogP contribution < -0.4 is 10.9 Å². The van der Waals surface area contributed by atoms with Gasteiger partial charge in [0.1, 0.15) is 16.1 Å². The first kappa shape index (κ1) is 6.63. The normalized spacial score (nSPS) is 39.4. The van der Waals surface area contributed by atoms with Crippen molar-refractivity contribution in [2.75, 3.05) is 26.0 Å². The summed E-state index contributed by atoms with van der Waals surface area (Å²) in [6.07, 6.45) is -13.5. The van der Waals surface area contributed by atoms with Crippen molar-refractivity contribution in [3.8, 4) is 5.75 Å². The Kier molecular flexibility index (Phi) is 2.10. The van der Waals surface area contributed by atoms with Crippen molar-refractivity contribution >= 4 is 27.5 Å². The SMILES string of the molecule is [2H]C([2H])(CC([2H])([2H])N1C([2H])([2H])C([2H])([2H])C([2H])([2H])C([2H])([2H])C1([2H])[2H])NC(=O)c1c(O)c2ccsc2n(C([2H])(C)C([2H])([2H])[2H])c1=O. The minimum atomic E-state index is -3.96. The number of nitrogens with zero attached hydrogens (tertiary/aromatic N) is 2. The van der Waals surface area contributed by atoms with Crippen LogP contribution in [0.1, 0.15) is 80.4 Å². The number of nitrogens with one attached hydrogen (secondary N) is 1. The van der Waals surface area contributed by atoms with Crippen LogP contribution in [0.15, 0.2) is 16.2 Å². The van der Waals surface area contributed by atoms with Crippen LogP contribution in [0.2, 0.25) is 0 Å². The number of hydrogen-bond donors (Lipinski definition) is 2. The van der Waals surface area contributed by atoms with Crippen molar-refractivity contribution in [1.82, 2.24) is 14.8 Å². The molecule has 3 rings (SSSR count). The highest BCUT2D eigenvalue weighted by Crippen LogP contribution is 2.31. The number of aromatic nitrogens is 1. The molecule has 0 saturated carbocycles. The van der Waals surface area contributed by atoms with Crippen LogP contribution in [0.3, 0.4) is 0 Å². The van der Waals surface area contributed by atoms with E-state index in [9.17, 15) is 14.7 Å². The second kappa shape index (κ2) is 8.22. The Morgan fingerprint density at radius 1 is 1.54 bits per heavy atom. The highest BCUT2D eigenvalue weighted by molar-refractivity contribution is 7.16. The molecular weight excluding hydrogens is 350 g/mol. The summed E-state index contributed by atoms with van der Waals surface area (Å²) in [6.45, 7) is -17.3. The molecule has 2 aromatic heterocycles. The van der Waals surface area contributed by atoms with Crippen LogP contribution in [-0.4, -0.2) is 46.5 Å². The number of rotatable bonds is 6. The first-order valence-electron chi connectivity index (χ1n) is 16.2. The van der Waals surface area contributed by atoms with Gasteiger partial charge in [-0.05, 0) is 63.9 Å². The molecular formula is C19H27N3O3S. The monoisotopic (exact) mass is 395 g/mol. The molecule has 26 heavy (non-hydrogen) atoms. The first-order valence-corrected chi connectivity index (χ1v) is 8.12. The van der Waals surface area contributed by atoms with E-state index in [0.717, 1.165) is 18.3 Å². The number of carbonyl (C=O) groups excluding carboxylic acids is 1. The van der Waals surface area contributed by atoms with Gasteiger partial charge >= 0.3 is 0 Å². The summed E-state index contributed by atoms with van der Waals surface area (Å²) in [5.41, 5.74) is -2.78. The minimum Gasteiger partial charge on any atom is -0.506 e. The van der Waals surface area contributed by atoms with E-state index in [1.807, 2.05) is 0 Å². The molecule has 1 saturated heterocycles. The molecule has 1 atom stereocenters. The fourth-order valence-electron chi connectivity index (χ4n) is 2.22. The van der Waals surface area contributed by atoms with Crippen molar-refractivity contribution in [1.29, 1.82) is 0 Å². The van der Waals surface area contributed by atoms with Gasteiger partial charge in [-0.25, -0.2) is 0 Å². The maximum Gasteiger partial charge on any atom is 0.268 e. The van der Waals surface area contributed by atoms with Gasteiger partial charge in [0.15, 0.2) is 0 Å². The minimum absolute atomic E-state index is 0.213. The van der Waals surface area contributed by atoms with Gasteiger partial charge in [0.25, 0.3) is 11.5 Å². The van der Waals surface area contributed by atoms with Crippen LogP contribution in [0, 0.1) is 0 Å². The number of piperidine rings is 1. The largest absolute Gasteiger partial charge is 0.506 e. The number of thiophene rings is 1. The molecule has 2 N–H and O–H groups in total. The van der Waals surface area contributed by atoms with Crippen molar-refractivity contribution in [3.63, 3.8) is 0 Å². The zero-order valence-corrected chi connectivity index (χ0v) is 14.2. The van der Waals surface area contributed by atoms with Crippen molar-refractivity contribution in [2.24, 2.45) is 0 Å². The molecule has 0 aliphatic carbocycles. The standard InChI is InChI=1S/C19H27N3O3S/c1-13(2)22-18(25)15(16(23)14-7-12-26-19(14)22)17(24)20-8-6-11-21-9-4-3-5-10-21/h7,12-13,23H,3-6,8-11H2,1-2H3,(H,20,24)/i1D3,3D2,4D2,5D2,8D2,9D2,10D2,11D2,13D. The van der Waals surface area contributed by atoms with Crippen molar-refractivity contribution in [3.05, 3.63) is 27.4 Å². The lowest BCUT2D eigenvalue weighted by Crippen LogP contribution is -2.36. The average molecular weight is 396 g/mol. The summed E-state index contributed by atoms with van der Waals surface area (Å²) in [5.74, 6) is -2.78. The van der Waals surface area contributed by atoms with E-state index >= 15 is 0 Å². The number of hydrogen-bond acceptors (Lipinski definition) is 5. The summed E-state index contributed by atoms with van der Waals surface area (Å²) < 4.78 is 145. The molecule has 0 spiro atoms. The van der Waals surface area contributed by atoms with Crippen LogP contribution in [-0.2, 0) is 0 Å². The molecule has 6 nitrogen and oxygen atoms in total. The lowest BCUT2D eigenvalue weighted by Gasteiger charge is -2.26. The Labute approximate surface area is 182 Å². The highest BCUT2D eigenvalue weighted by atomic mass is 32.1. The second-order valence-electron chi connectivity index (χ2n) is 4.99. The maximum atomic E-state index is 13.4. The van der Waals surface area contributed by atoms with Crippen LogP contribution in [0.25, 0.3) is 10.2 Å². The van der Waals surface area contributed by atoms with E-state index < -0.39 is 92.1 Å². The molecule has 0 aromatic carbocycles. The Morgan fingerprint density at radius 2 is 2.31 bits per heavy atom. The summed E-state index contributed by atoms with van der Waals surface area (Å²) >= 11 is 0.755. The van der Waals surface area contributed by atoms with Crippen LogP contribution >= 0.6 is 11.3 Å². The second-order valence-corrected chi connectivity index (χ2v) is 5.88. The number of fused-ring (bicyclic) bond motifs is 1. The van der Waals surface area contributed by atoms with Gasteiger partial charge in [-0.1, -0.05) is 6.37 Å². The molecule has 7 heteroatoms. The van der Waals surface area contributed by atoms with Gasteiger partial charge < -0.3 is 15.3 Å². The lowest BCUT2D eigenvalue weighted by atomic mass is 10.1. The maximum absolute atomic E-state index is 13.4. The van der Waals surface area contributed by atoms with Gasteiger partial charge in [-0.15, -0.1) is 11.3 Å². The topological polar surface area (TPSA) is 74.6 Å². The van der Waals surface area contributed by atoms with Gasteiger partial charge in [0, 0.05) is 35.8 Å². The molecule has 1 fully saturated rings. The number of aromatic hydroxyl groups is 1. The van der Waals surface area contributed by atoms with Gasteiger partial charge in [-0.2, -0.15) is 0 Å². The Morgan fingerprint density at radius 3 is 3.04 bits per heavy atom. The Bertz CT molecular complexity index is 1510. The number of carbonyl (C=O) groups is 1. The third-order valence-electron chi connectivity index (χ3n) is 3.31. The lowest BCUT2D eigenvalue weighted by molar-refractivity contribution is 0.0946. The molecule has 3 heterocycles. The van der Waals surface area contributed by atoms with Crippen LogP contribution in [0.5, 0.6) is 5.75 Å². The third kappa shape index (κ3) is 3.78. The van der Waals surface area contributed by atoms with Gasteiger partial charge in [0.2, 0.25) is 0 Å². The summed E-state index contributed by atoms with van der Waals surface area (Å²) in [6, 6.07) is -1.52. The van der Waals surface area contributed by atoms with Crippen LogP contribution in [0.4, 0.5) is 0 Å². The zero-order chi connectivity index (χ0) is 34.7. The van der Waals surface area contributed by atoms with E-state index in [1.54, 1.807) is 5.32 Å². The van der Waals surface area contributed by atoms with E-state index in [0.29, 0.717) is 4.57 Å². The Hall–Kier alpha value is -1.86. The van der Waals surface area contributed by atoms with Crippen molar-refractivity contribution < 1.29 is 34.6 Å². The first-order chi connectivity index (χ1) is 19.3. The molecule has 1 aliphatic rings. The molecule has 1 unspecified atom stereocenters. The number of pyridine rings is 1. The predicted molar refractivity (Wildman–Crippen MR) is 105 cm³/mol. The fourth-order valence-corrected chi connectivity index (χ4v) is 3.17. The average Bonchev–Trinajstić information content (AvgIpc) is 3.24. The zero-order valence-electron chi connectivity index (χ0n) is 31.4. The van der Waals surface area contributed by atoms with E-state index in [-0.39, 0.29) is 10.2 Å². The van der Waals surface area contributed by atoms with E-state index in [4.69, 9.17) is 24.7 Å². The fraction of sp³-hybridized carbons (Fsp3) is 0.579. The Balaban J connectivity index is 2.11. The van der Waals surface area contributed by atoms with E-state index in [1.165, 1.54) is 11.4 Å². The number of likely N-dealkylation sites (tertiary alicyclic amines) is 1. The molecule has 142 valence electrons. The number of amides is 1. The molecule has 0 bridgehead atoms. The highest BCUT2D eigenvalue weighted by Gasteiger charge is 2.23. The van der Waals surface area contributed by atoms with Crippen molar-refractivity contribution in [2.45, 2.75) is 45.3 Å². The quantitative estimate of drug-likeness (QED) is 0.788. The van der Waals surface area contributed by atoms with E-state index in [2.05, 4.69) is 0 Å². The summed E-state index contributed by atoms with van der Waals surface area (Å²) in [7, 11) is 0. The summed E-state index contributed by atoms with van der Waals surface area (Å²) in [5, 5.41) is 13.4. The van der Waals surface area contributed by atoms with Gasteiger partial charge in [-0.3, -0.25) is 14.2 Å². The third-order valence-corrected chi connectivity index (χ3v) is 4.21. The molecule has 2 aromatic rings.